The Bertz CT molecular complexity index is 1150. The third-order valence-electron chi connectivity index (χ3n) is 4.84. The predicted octanol–water partition coefficient (Wildman–Crippen LogP) is 4.17. The number of ether oxygens (including phenoxy) is 3. The van der Waals surface area contributed by atoms with Gasteiger partial charge in [0.1, 0.15) is 22.9 Å². The average molecular weight is 436 g/mol. The molecular weight excluding hydrogens is 416 g/mol. The molecule has 0 fully saturated rings. The lowest BCUT2D eigenvalue weighted by molar-refractivity contribution is -0.120. The van der Waals surface area contributed by atoms with Crippen molar-refractivity contribution in [3.8, 4) is 17.2 Å². The fourth-order valence-corrected chi connectivity index (χ4v) is 4.07. The van der Waals surface area contributed by atoms with Crippen LogP contribution in [0.2, 0.25) is 0 Å². The number of amides is 2. The Balaban J connectivity index is 1.80. The Kier molecular flexibility index (Phi) is 5.64. The van der Waals surface area contributed by atoms with E-state index in [1.807, 2.05) is 17.5 Å². The van der Waals surface area contributed by atoms with Crippen LogP contribution in [0.1, 0.15) is 4.88 Å². The van der Waals surface area contributed by atoms with E-state index in [0.29, 0.717) is 39.1 Å². The van der Waals surface area contributed by atoms with Crippen molar-refractivity contribution in [2.45, 2.75) is 0 Å². The van der Waals surface area contributed by atoms with Crippen LogP contribution >= 0.6 is 11.3 Å². The lowest BCUT2D eigenvalue weighted by Gasteiger charge is -2.19. The zero-order valence-corrected chi connectivity index (χ0v) is 18.0. The van der Waals surface area contributed by atoms with Crippen molar-refractivity contribution in [3.05, 3.63) is 70.6 Å². The highest BCUT2D eigenvalue weighted by Gasteiger charge is 2.42. The van der Waals surface area contributed by atoms with Gasteiger partial charge in [-0.05, 0) is 47.8 Å². The standard InChI is InChI=1S/C23H20N2O5S/c1-28-15-8-6-14(7-9-15)24-21-20(19-5-4-12-31-19)22(26)25(23(21)27)17-13-16(29-2)10-11-18(17)30-3/h4-13,24H,1-3H3. The summed E-state index contributed by atoms with van der Waals surface area (Å²) in [6, 6.07) is 15.7. The highest BCUT2D eigenvalue weighted by molar-refractivity contribution is 7.11. The first-order chi connectivity index (χ1) is 15.1. The quantitative estimate of drug-likeness (QED) is 0.560. The molecule has 2 heterocycles. The van der Waals surface area contributed by atoms with Crippen molar-refractivity contribution < 1.29 is 23.8 Å². The van der Waals surface area contributed by atoms with E-state index in [2.05, 4.69) is 5.32 Å². The van der Waals surface area contributed by atoms with Gasteiger partial charge in [0.05, 0.1) is 32.6 Å². The zero-order chi connectivity index (χ0) is 22.0. The SMILES string of the molecule is COc1ccc(NC2=C(c3cccs3)C(=O)N(c3cc(OC)ccc3OC)C2=O)cc1. The van der Waals surface area contributed by atoms with E-state index in [0.717, 1.165) is 4.90 Å². The molecule has 1 aliphatic heterocycles. The fraction of sp³-hybridized carbons (Fsp3) is 0.130. The second-order valence-electron chi connectivity index (χ2n) is 6.56. The number of methoxy groups -OCH3 is 3. The van der Waals surface area contributed by atoms with Crippen molar-refractivity contribution in [1.82, 2.24) is 0 Å². The second kappa shape index (κ2) is 8.53. The lowest BCUT2D eigenvalue weighted by atomic mass is 10.2. The van der Waals surface area contributed by atoms with Crippen LogP contribution < -0.4 is 24.4 Å². The predicted molar refractivity (Wildman–Crippen MR) is 120 cm³/mol. The number of benzene rings is 2. The Morgan fingerprint density at radius 3 is 2.16 bits per heavy atom. The van der Waals surface area contributed by atoms with Crippen molar-refractivity contribution in [1.29, 1.82) is 0 Å². The number of nitrogens with one attached hydrogen (secondary N) is 1. The first-order valence-electron chi connectivity index (χ1n) is 9.37. The normalized spacial score (nSPS) is 13.6. The highest BCUT2D eigenvalue weighted by atomic mass is 32.1. The summed E-state index contributed by atoms with van der Waals surface area (Å²) in [6.45, 7) is 0. The van der Waals surface area contributed by atoms with Crippen LogP contribution in [-0.2, 0) is 9.59 Å². The van der Waals surface area contributed by atoms with Gasteiger partial charge in [-0.3, -0.25) is 9.59 Å². The molecule has 31 heavy (non-hydrogen) atoms. The van der Waals surface area contributed by atoms with Crippen LogP contribution in [0.3, 0.4) is 0 Å². The van der Waals surface area contributed by atoms with E-state index in [4.69, 9.17) is 14.2 Å². The number of carbonyl (C=O) groups excluding carboxylic acids is 2. The summed E-state index contributed by atoms with van der Waals surface area (Å²) in [5.41, 5.74) is 1.48. The van der Waals surface area contributed by atoms with Crippen LogP contribution in [0.5, 0.6) is 17.2 Å². The van der Waals surface area contributed by atoms with E-state index in [9.17, 15) is 9.59 Å². The molecule has 2 amide bonds. The van der Waals surface area contributed by atoms with Crippen molar-refractivity contribution in [2.75, 3.05) is 31.5 Å². The molecule has 0 spiro atoms. The molecule has 0 aliphatic carbocycles. The van der Waals surface area contributed by atoms with Gasteiger partial charge in [0.2, 0.25) is 0 Å². The molecule has 7 nitrogen and oxygen atoms in total. The number of rotatable bonds is 7. The molecule has 0 unspecified atom stereocenters. The van der Waals surface area contributed by atoms with Gasteiger partial charge in [-0.1, -0.05) is 6.07 Å². The fourth-order valence-electron chi connectivity index (χ4n) is 3.30. The maximum absolute atomic E-state index is 13.5. The summed E-state index contributed by atoms with van der Waals surface area (Å²) >= 11 is 1.39. The number of imide groups is 1. The molecule has 2 aromatic carbocycles. The summed E-state index contributed by atoms with van der Waals surface area (Å²) in [7, 11) is 4.59. The van der Waals surface area contributed by atoms with E-state index < -0.39 is 11.8 Å². The molecule has 0 atom stereocenters. The molecule has 3 aromatic rings. The molecule has 1 aliphatic rings. The van der Waals surface area contributed by atoms with Crippen molar-refractivity contribution >= 4 is 40.1 Å². The summed E-state index contributed by atoms with van der Waals surface area (Å²) in [6.07, 6.45) is 0. The molecule has 0 radical (unpaired) electrons. The van der Waals surface area contributed by atoms with Gasteiger partial charge in [0.15, 0.2) is 0 Å². The van der Waals surface area contributed by atoms with Crippen molar-refractivity contribution in [2.24, 2.45) is 0 Å². The van der Waals surface area contributed by atoms with E-state index in [1.165, 1.54) is 25.6 Å². The highest BCUT2D eigenvalue weighted by Crippen LogP contribution is 2.40. The molecule has 1 N–H and O–H groups in total. The summed E-state index contributed by atoms with van der Waals surface area (Å²) < 4.78 is 15.9. The van der Waals surface area contributed by atoms with Gasteiger partial charge < -0.3 is 19.5 Å². The topological polar surface area (TPSA) is 77.1 Å². The Morgan fingerprint density at radius 1 is 0.839 bits per heavy atom. The Hall–Kier alpha value is -3.78. The molecule has 8 heteroatoms. The molecule has 0 saturated heterocycles. The summed E-state index contributed by atoms with van der Waals surface area (Å²) in [4.78, 5) is 28.8. The molecule has 0 bridgehead atoms. The number of thiophene rings is 1. The molecule has 4 rings (SSSR count). The van der Waals surface area contributed by atoms with Gasteiger partial charge >= 0.3 is 0 Å². The minimum Gasteiger partial charge on any atom is -0.497 e. The van der Waals surface area contributed by atoms with Gasteiger partial charge in [0, 0.05) is 16.6 Å². The van der Waals surface area contributed by atoms with Gasteiger partial charge in [-0.2, -0.15) is 0 Å². The first kappa shape index (κ1) is 20.5. The smallest absolute Gasteiger partial charge is 0.282 e. The minimum atomic E-state index is -0.476. The largest absolute Gasteiger partial charge is 0.497 e. The maximum atomic E-state index is 13.5. The van der Waals surface area contributed by atoms with Gasteiger partial charge in [0.25, 0.3) is 11.8 Å². The number of anilines is 2. The van der Waals surface area contributed by atoms with E-state index >= 15 is 0 Å². The summed E-state index contributed by atoms with van der Waals surface area (Å²) in [5, 5.41) is 4.98. The van der Waals surface area contributed by atoms with Crippen LogP contribution in [0.4, 0.5) is 11.4 Å². The third kappa shape index (κ3) is 3.73. The monoisotopic (exact) mass is 436 g/mol. The molecular formula is C23H20N2O5S. The number of hydrogen-bond donors (Lipinski definition) is 1. The molecule has 158 valence electrons. The Morgan fingerprint density at radius 2 is 1.55 bits per heavy atom. The Labute approximate surface area is 183 Å². The van der Waals surface area contributed by atoms with Crippen molar-refractivity contribution in [3.63, 3.8) is 0 Å². The molecule has 0 saturated carbocycles. The second-order valence-corrected chi connectivity index (χ2v) is 7.51. The molecule has 1 aromatic heterocycles. The van der Waals surface area contributed by atoms with Gasteiger partial charge in [-0.15, -0.1) is 11.3 Å². The number of hydrogen-bond acceptors (Lipinski definition) is 7. The third-order valence-corrected chi connectivity index (χ3v) is 5.73. The van der Waals surface area contributed by atoms with Gasteiger partial charge in [-0.25, -0.2) is 4.90 Å². The summed E-state index contributed by atoms with van der Waals surface area (Å²) in [5.74, 6) is 0.671. The minimum absolute atomic E-state index is 0.197. The van der Waals surface area contributed by atoms with Crippen LogP contribution in [0.15, 0.2) is 65.7 Å². The zero-order valence-electron chi connectivity index (χ0n) is 17.2. The number of carbonyl (C=O) groups is 2. The van der Waals surface area contributed by atoms with Crippen LogP contribution in [0, 0.1) is 0 Å². The van der Waals surface area contributed by atoms with E-state index in [1.54, 1.807) is 49.6 Å². The lowest BCUT2D eigenvalue weighted by Crippen LogP contribution is -2.32. The van der Waals surface area contributed by atoms with E-state index in [-0.39, 0.29) is 5.70 Å². The maximum Gasteiger partial charge on any atom is 0.282 e. The van der Waals surface area contributed by atoms with Crippen LogP contribution in [-0.4, -0.2) is 33.1 Å². The number of nitrogens with zero attached hydrogens (tertiary/aromatic N) is 1. The van der Waals surface area contributed by atoms with Crippen LogP contribution in [0.25, 0.3) is 5.57 Å². The first-order valence-corrected chi connectivity index (χ1v) is 10.3. The average Bonchev–Trinajstić information content (AvgIpc) is 3.40.